The topological polar surface area (TPSA) is 101 Å². The van der Waals surface area contributed by atoms with Gasteiger partial charge in [-0.1, -0.05) is 41.6 Å². The third kappa shape index (κ3) is 4.88. The molecule has 0 aliphatic heterocycles. The molecule has 0 saturated carbocycles. The Balaban J connectivity index is 1.78. The van der Waals surface area contributed by atoms with E-state index in [1.165, 1.54) is 16.4 Å². The number of nitrogens with zero attached hydrogens (tertiary/aromatic N) is 5. The molecule has 2 N–H and O–H groups in total. The van der Waals surface area contributed by atoms with Gasteiger partial charge in [-0.05, 0) is 43.3 Å². The van der Waals surface area contributed by atoms with Crippen molar-refractivity contribution in [3.8, 4) is 17.5 Å². The molecule has 2 aromatic carbocycles. The smallest absolute Gasteiger partial charge is 0.240 e. The molecule has 1 unspecified atom stereocenters. The molecular formula is C20H19ClN6OS. The third-order valence-electron chi connectivity index (χ3n) is 4.18. The summed E-state index contributed by atoms with van der Waals surface area (Å²) in [5.41, 5.74) is 1.52. The first-order valence-electron chi connectivity index (χ1n) is 8.87. The zero-order valence-electron chi connectivity index (χ0n) is 15.7. The standard InChI is InChI=1S/C20H19ClN6OS/c1-14(19(28)26(13-5-12-22)17-6-3-2-4-7-17)29-20-25-24-18(27(20)23)15-8-10-16(21)11-9-15/h2-4,6-11,14H,5,13,23H2,1H3. The molecule has 29 heavy (non-hydrogen) atoms. The Bertz CT molecular complexity index is 1020. The van der Waals surface area contributed by atoms with Crippen molar-refractivity contribution in [2.45, 2.75) is 23.8 Å². The van der Waals surface area contributed by atoms with Crippen LogP contribution in [0.5, 0.6) is 0 Å². The SMILES string of the molecule is CC(Sc1nnc(-c2ccc(Cl)cc2)n1N)C(=O)N(CCC#N)c1ccccc1. The van der Waals surface area contributed by atoms with Crippen LogP contribution in [-0.2, 0) is 4.79 Å². The van der Waals surface area contributed by atoms with Crippen LogP contribution in [0, 0.1) is 11.3 Å². The summed E-state index contributed by atoms with van der Waals surface area (Å²) in [5, 5.41) is 17.8. The zero-order valence-corrected chi connectivity index (χ0v) is 17.3. The Morgan fingerprint density at radius 3 is 2.59 bits per heavy atom. The van der Waals surface area contributed by atoms with Gasteiger partial charge in [0.25, 0.3) is 0 Å². The van der Waals surface area contributed by atoms with E-state index in [0.717, 1.165) is 11.3 Å². The predicted octanol–water partition coefficient (Wildman–Crippen LogP) is 3.74. The molecule has 0 spiro atoms. The number of halogens is 1. The molecule has 1 aromatic heterocycles. The minimum Gasteiger partial charge on any atom is -0.335 e. The van der Waals surface area contributed by atoms with Gasteiger partial charge in [0.05, 0.1) is 17.7 Å². The summed E-state index contributed by atoms with van der Waals surface area (Å²) in [7, 11) is 0. The van der Waals surface area contributed by atoms with Crippen molar-refractivity contribution in [3.05, 3.63) is 59.6 Å². The summed E-state index contributed by atoms with van der Waals surface area (Å²) in [6.45, 7) is 2.10. The molecular weight excluding hydrogens is 408 g/mol. The number of nitrogens with two attached hydrogens (primary N) is 1. The second-order valence-corrected chi connectivity index (χ2v) is 7.92. The number of hydrogen-bond acceptors (Lipinski definition) is 6. The highest BCUT2D eigenvalue weighted by atomic mass is 35.5. The molecule has 3 aromatic rings. The molecule has 0 aliphatic carbocycles. The Hall–Kier alpha value is -3.02. The van der Waals surface area contributed by atoms with Crippen LogP contribution < -0.4 is 10.7 Å². The number of nitriles is 1. The van der Waals surface area contributed by atoms with E-state index in [9.17, 15) is 4.79 Å². The lowest BCUT2D eigenvalue weighted by molar-refractivity contribution is -0.117. The fraction of sp³-hybridized carbons (Fsp3) is 0.200. The molecule has 0 radical (unpaired) electrons. The number of rotatable bonds is 7. The van der Waals surface area contributed by atoms with Crippen molar-refractivity contribution in [2.75, 3.05) is 17.3 Å². The molecule has 0 aliphatic rings. The van der Waals surface area contributed by atoms with Crippen LogP contribution in [0.1, 0.15) is 13.3 Å². The lowest BCUT2D eigenvalue weighted by Crippen LogP contribution is -2.37. The van der Waals surface area contributed by atoms with Gasteiger partial charge in [-0.25, -0.2) is 4.68 Å². The van der Waals surface area contributed by atoms with Gasteiger partial charge in [0.1, 0.15) is 0 Å². The van der Waals surface area contributed by atoms with Gasteiger partial charge in [0.15, 0.2) is 5.82 Å². The highest BCUT2D eigenvalue weighted by Gasteiger charge is 2.25. The first-order chi connectivity index (χ1) is 14.0. The fourth-order valence-electron chi connectivity index (χ4n) is 2.72. The quantitative estimate of drug-likeness (QED) is 0.456. The number of amides is 1. The van der Waals surface area contributed by atoms with Crippen LogP contribution in [0.3, 0.4) is 0 Å². The molecule has 0 bridgehead atoms. The van der Waals surface area contributed by atoms with Crippen LogP contribution in [0.2, 0.25) is 5.02 Å². The van der Waals surface area contributed by atoms with Crippen molar-refractivity contribution >= 4 is 35.0 Å². The average molecular weight is 427 g/mol. The summed E-state index contributed by atoms with van der Waals surface area (Å²) >= 11 is 7.14. The van der Waals surface area contributed by atoms with Gasteiger partial charge in [-0.2, -0.15) is 5.26 Å². The maximum atomic E-state index is 13.1. The molecule has 9 heteroatoms. The second kappa shape index (κ2) is 9.45. The van der Waals surface area contributed by atoms with Gasteiger partial charge < -0.3 is 10.7 Å². The van der Waals surface area contributed by atoms with Gasteiger partial charge in [0.2, 0.25) is 11.1 Å². The van der Waals surface area contributed by atoms with Crippen molar-refractivity contribution < 1.29 is 4.79 Å². The van der Waals surface area contributed by atoms with Crippen LogP contribution >= 0.6 is 23.4 Å². The van der Waals surface area contributed by atoms with Crippen molar-refractivity contribution in [2.24, 2.45) is 0 Å². The molecule has 1 amide bonds. The van der Waals surface area contributed by atoms with Gasteiger partial charge in [0, 0.05) is 22.8 Å². The number of para-hydroxylation sites is 1. The first kappa shape index (κ1) is 20.7. The monoisotopic (exact) mass is 426 g/mol. The minimum atomic E-state index is -0.474. The van der Waals surface area contributed by atoms with Crippen molar-refractivity contribution in [3.63, 3.8) is 0 Å². The molecule has 0 saturated heterocycles. The van der Waals surface area contributed by atoms with E-state index in [1.807, 2.05) is 30.3 Å². The maximum absolute atomic E-state index is 13.1. The van der Waals surface area contributed by atoms with Crippen molar-refractivity contribution in [1.82, 2.24) is 14.9 Å². The molecule has 148 valence electrons. The summed E-state index contributed by atoms with van der Waals surface area (Å²) in [5.74, 6) is 6.51. The normalized spacial score (nSPS) is 11.6. The molecule has 3 rings (SSSR count). The van der Waals surface area contributed by atoms with Crippen LogP contribution in [-0.4, -0.2) is 32.6 Å². The van der Waals surface area contributed by atoms with E-state index < -0.39 is 5.25 Å². The van der Waals surface area contributed by atoms with E-state index in [2.05, 4.69) is 16.3 Å². The van der Waals surface area contributed by atoms with E-state index in [-0.39, 0.29) is 12.3 Å². The van der Waals surface area contributed by atoms with Crippen LogP contribution in [0.25, 0.3) is 11.4 Å². The van der Waals surface area contributed by atoms with Gasteiger partial charge in [-0.15, -0.1) is 10.2 Å². The average Bonchev–Trinajstić information content (AvgIpc) is 3.09. The zero-order chi connectivity index (χ0) is 20.8. The molecule has 0 fully saturated rings. The molecule has 7 nitrogen and oxygen atoms in total. The third-order valence-corrected chi connectivity index (χ3v) is 5.47. The summed E-state index contributed by atoms with van der Waals surface area (Å²) in [6.07, 6.45) is 0.242. The summed E-state index contributed by atoms with van der Waals surface area (Å²) in [4.78, 5) is 14.7. The van der Waals surface area contributed by atoms with Gasteiger partial charge in [-0.3, -0.25) is 4.79 Å². The van der Waals surface area contributed by atoms with E-state index in [4.69, 9.17) is 22.7 Å². The lowest BCUT2D eigenvalue weighted by Gasteiger charge is -2.24. The number of hydrogen-bond donors (Lipinski definition) is 1. The second-order valence-electron chi connectivity index (χ2n) is 6.18. The van der Waals surface area contributed by atoms with Crippen LogP contribution in [0.4, 0.5) is 5.69 Å². The fourth-order valence-corrected chi connectivity index (χ4v) is 3.68. The van der Waals surface area contributed by atoms with Crippen LogP contribution in [0.15, 0.2) is 59.8 Å². The first-order valence-corrected chi connectivity index (χ1v) is 10.1. The predicted molar refractivity (Wildman–Crippen MR) is 115 cm³/mol. The molecule has 1 atom stereocenters. The largest absolute Gasteiger partial charge is 0.335 e. The number of carbonyl (C=O) groups excluding carboxylic acids is 1. The Morgan fingerprint density at radius 1 is 1.24 bits per heavy atom. The Labute approximate surface area is 178 Å². The maximum Gasteiger partial charge on any atom is 0.240 e. The highest BCUT2D eigenvalue weighted by Crippen LogP contribution is 2.27. The Morgan fingerprint density at radius 2 is 1.93 bits per heavy atom. The number of nitrogen functional groups attached to an aromatic ring is 1. The van der Waals surface area contributed by atoms with E-state index >= 15 is 0 Å². The number of carbonyl (C=O) groups is 1. The number of aromatic nitrogens is 3. The lowest BCUT2D eigenvalue weighted by atomic mass is 10.2. The number of thioether (sulfide) groups is 1. The molecule has 1 heterocycles. The highest BCUT2D eigenvalue weighted by molar-refractivity contribution is 8.00. The summed E-state index contributed by atoms with van der Waals surface area (Å²) in [6, 6.07) is 18.5. The van der Waals surface area contributed by atoms with Gasteiger partial charge >= 0.3 is 0 Å². The minimum absolute atomic E-state index is 0.132. The number of anilines is 1. The Kier molecular flexibility index (Phi) is 6.75. The van der Waals surface area contributed by atoms with E-state index in [1.54, 1.807) is 36.1 Å². The van der Waals surface area contributed by atoms with E-state index in [0.29, 0.717) is 22.5 Å². The summed E-state index contributed by atoms with van der Waals surface area (Å²) < 4.78 is 1.36. The number of benzene rings is 2. The van der Waals surface area contributed by atoms with Crippen molar-refractivity contribution in [1.29, 1.82) is 5.26 Å².